The molecule has 0 saturated heterocycles. The Morgan fingerprint density at radius 2 is 1.73 bits per heavy atom. The van der Waals surface area contributed by atoms with Crippen LogP contribution in [0.25, 0.3) is 5.69 Å². The number of imidazole rings is 1. The van der Waals surface area contributed by atoms with Gasteiger partial charge in [0.2, 0.25) is 0 Å². The van der Waals surface area contributed by atoms with E-state index in [9.17, 15) is 4.79 Å². The molecular formula is C9H5Cl3N2O. The SMILES string of the molecule is O=c1[nH]ccn1-c1cc(Cl)c(Cl)cc1Cl. The molecule has 0 spiro atoms. The van der Waals surface area contributed by atoms with E-state index >= 15 is 0 Å². The molecule has 3 nitrogen and oxygen atoms in total. The number of H-pyrrole nitrogens is 1. The first-order chi connectivity index (χ1) is 7.09. The summed E-state index contributed by atoms with van der Waals surface area (Å²) in [5.41, 5.74) is 0.215. The molecule has 2 rings (SSSR count). The highest BCUT2D eigenvalue weighted by molar-refractivity contribution is 6.43. The summed E-state index contributed by atoms with van der Waals surface area (Å²) in [5, 5.41) is 1.07. The Morgan fingerprint density at radius 3 is 2.33 bits per heavy atom. The lowest BCUT2D eigenvalue weighted by Crippen LogP contribution is -2.14. The molecule has 0 unspecified atom stereocenters. The van der Waals surface area contributed by atoms with E-state index in [4.69, 9.17) is 34.8 Å². The third-order valence-electron chi connectivity index (χ3n) is 1.90. The maximum absolute atomic E-state index is 11.3. The average Bonchev–Trinajstić information content (AvgIpc) is 2.58. The van der Waals surface area contributed by atoms with Gasteiger partial charge in [0.25, 0.3) is 0 Å². The Balaban J connectivity index is 2.69. The van der Waals surface area contributed by atoms with Crippen LogP contribution in [0.3, 0.4) is 0 Å². The predicted octanol–water partition coefficient (Wildman–Crippen LogP) is 3.13. The minimum absolute atomic E-state index is 0.282. The lowest BCUT2D eigenvalue weighted by Gasteiger charge is -2.05. The van der Waals surface area contributed by atoms with Crippen LogP contribution in [0.1, 0.15) is 0 Å². The van der Waals surface area contributed by atoms with Gasteiger partial charge >= 0.3 is 5.69 Å². The van der Waals surface area contributed by atoms with Gasteiger partial charge in [-0.05, 0) is 12.1 Å². The molecule has 1 aromatic carbocycles. The van der Waals surface area contributed by atoms with Crippen molar-refractivity contribution in [3.05, 3.63) is 50.1 Å². The number of nitrogens with one attached hydrogen (secondary N) is 1. The number of hydrogen-bond donors (Lipinski definition) is 1. The zero-order valence-corrected chi connectivity index (χ0v) is 9.57. The van der Waals surface area contributed by atoms with Gasteiger partial charge in [0.05, 0.1) is 20.8 Å². The molecule has 78 valence electrons. The van der Waals surface area contributed by atoms with Crippen LogP contribution >= 0.6 is 34.8 Å². The molecule has 1 heterocycles. The minimum atomic E-state index is -0.282. The first kappa shape index (κ1) is 10.6. The molecule has 0 bridgehead atoms. The molecule has 15 heavy (non-hydrogen) atoms. The zero-order valence-electron chi connectivity index (χ0n) is 7.30. The molecule has 2 aromatic rings. The predicted molar refractivity (Wildman–Crippen MR) is 61.4 cm³/mol. The zero-order chi connectivity index (χ0) is 11.0. The highest BCUT2D eigenvalue weighted by atomic mass is 35.5. The largest absolute Gasteiger partial charge is 0.330 e. The van der Waals surface area contributed by atoms with Gasteiger partial charge in [0.15, 0.2) is 0 Å². The van der Waals surface area contributed by atoms with Crippen molar-refractivity contribution in [2.75, 3.05) is 0 Å². The van der Waals surface area contributed by atoms with E-state index in [1.807, 2.05) is 0 Å². The summed E-state index contributed by atoms with van der Waals surface area (Å²) in [6.45, 7) is 0. The maximum Gasteiger partial charge on any atom is 0.330 e. The Bertz CT molecular complexity index is 559. The van der Waals surface area contributed by atoms with E-state index in [1.165, 1.54) is 16.8 Å². The molecular weight excluding hydrogens is 258 g/mol. The second kappa shape index (κ2) is 3.93. The smallest absolute Gasteiger partial charge is 0.312 e. The molecule has 0 aliphatic carbocycles. The molecule has 1 N–H and O–H groups in total. The van der Waals surface area contributed by atoms with E-state index in [0.29, 0.717) is 20.8 Å². The van der Waals surface area contributed by atoms with Gasteiger partial charge in [-0.3, -0.25) is 4.57 Å². The van der Waals surface area contributed by atoms with Gasteiger partial charge in [0.1, 0.15) is 0 Å². The summed E-state index contributed by atoms with van der Waals surface area (Å²) in [6, 6.07) is 3.04. The average molecular weight is 264 g/mol. The number of aromatic nitrogens is 2. The van der Waals surface area contributed by atoms with Crippen LogP contribution in [0.4, 0.5) is 0 Å². The standard InChI is InChI=1S/C9H5Cl3N2O/c10-5-3-7(12)8(4-6(5)11)14-2-1-13-9(14)15/h1-4H,(H,13,15). The molecule has 0 fully saturated rings. The molecule has 0 atom stereocenters. The van der Waals surface area contributed by atoms with Crippen LogP contribution in [0.15, 0.2) is 29.3 Å². The van der Waals surface area contributed by atoms with Crippen molar-refractivity contribution < 1.29 is 0 Å². The van der Waals surface area contributed by atoms with Gasteiger partial charge in [-0.25, -0.2) is 4.79 Å². The fourth-order valence-corrected chi connectivity index (χ4v) is 1.84. The van der Waals surface area contributed by atoms with Crippen LogP contribution in [-0.4, -0.2) is 9.55 Å². The van der Waals surface area contributed by atoms with E-state index < -0.39 is 0 Å². The number of benzene rings is 1. The second-order valence-electron chi connectivity index (χ2n) is 2.85. The molecule has 0 aliphatic rings. The fourth-order valence-electron chi connectivity index (χ4n) is 1.21. The third kappa shape index (κ3) is 1.91. The summed E-state index contributed by atoms with van der Waals surface area (Å²) in [6.07, 6.45) is 3.08. The second-order valence-corrected chi connectivity index (χ2v) is 4.07. The Hall–Kier alpha value is -0.900. The third-order valence-corrected chi connectivity index (χ3v) is 2.92. The van der Waals surface area contributed by atoms with Crippen molar-refractivity contribution in [2.24, 2.45) is 0 Å². The van der Waals surface area contributed by atoms with Crippen LogP contribution in [0, 0.1) is 0 Å². The number of halogens is 3. The van der Waals surface area contributed by atoms with Gasteiger partial charge in [-0.15, -0.1) is 0 Å². The van der Waals surface area contributed by atoms with E-state index in [1.54, 1.807) is 12.3 Å². The van der Waals surface area contributed by atoms with Crippen LogP contribution < -0.4 is 5.69 Å². The number of nitrogens with zero attached hydrogens (tertiary/aromatic N) is 1. The summed E-state index contributed by atoms with van der Waals surface area (Å²) in [5.74, 6) is 0. The van der Waals surface area contributed by atoms with Crippen molar-refractivity contribution >= 4 is 34.8 Å². The summed E-state index contributed by atoms with van der Waals surface area (Å²) in [7, 11) is 0. The Kier molecular flexibility index (Phi) is 2.78. The first-order valence-corrected chi connectivity index (χ1v) is 5.14. The quantitative estimate of drug-likeness (QED) is 0.789. The van der Waals surface area contributed by atoms with Crippen LogP contribution in [0.2, 0.25) is 15.1 Å². The molecule has 1 aromatic heterocycles. The highest BCUT2D eigenvalue weighted by Gasteiger charge is 2.09. The fraction of sp³-hybridized carbons (Fsp3) is 0. The minimum Gasteiger partial charge on any atom is -0.312 e. The van der Waals surface area contributed by atoms with Crippen molar-refractivity contribution in [3.63, 3.8) is 0 Å². The molecule has 0 amide bonds. The first-order valence-electron chi connectivity index (χ1n) is 4.00. The van der Waals surface area contributed by atoms with Crippen molar-refractivity contribution in [3.8, 4) is 5.69 Å². The van der Waals surface area contributed by atoms with Gasteiger partial charge in [0, 0.05) is 12.4 Å². The lowest BCUT2D eigenvalue weighted by molar-refractivity contribution is 0.988. The topological polar surface area (TPSA) is 37.8 Å². The Labute approximate surface area is 100 Å². The van der Waals surface area contributed by atoms with Crippen molar-refractivity contribution in [1.29, 1.82) is 0 Å². The van der Waals surface area contributed by atoms with Gasteiger partial charge < -0.3 is 4.98 Å². The van der Waals surface area contributed by atoms with Crippen molar-refractivity contribution in [2.45, 2.75) is 0 Å². The number of hydrogen-bond acceptors (Lipinski definition) is 1. The molecule has 0 saturated carbocycles. The number of aromatic amines is 1. The normalized spacial score (nSPS) is 10.6. The van der Waals surface area contributed by atoms with Gasteiger partial charge in [-0.2, -0.15) is 0 Å². The van der Waals surface area contributed by atoms with Crippen LogP contribution in [-0.2, 0) is 0 Å². The molecule has 6 heteroatoms. The lowest BCUT2D eigenvalue weighted by atomic mass is 10.3. The number of rotatable bonds is 1. The maximum atomic E-state index is 11.3. The van der Waals surface area contributed by atoms with E-state index in [0.717, 1.165) is 0 Å². The monoisotopic (exact) mass is 262 g/mol. The summed E-state index contributed by atoms with van der Waals surface area (Å²) >= 11 is 17.6. The highest BCUT2D eigenvalue weighted by Crippen LogP contribution is 2.30. The summed E-state index contributed by atoms with van der Waals surface area (Å²) in [4.78, 5) is 13.8. The van der Waals surface area contributed by atoms with E-state index in [2.05, 4.69) is 4.98 Å². The van der Waals surface area contributed by atoms with E-state index in [-0.39, 0.29) is 5.69 Å². The summed E-state index contributed by atoms with van der Waals surface area (Å²) < 4.78 is 1.35. The van der Waals surface area contributed by atoms with Crippen molar-refractivity contribution in [1.82, 2.24) is 9.55 Å². The van der Waals surface area contributed by atoms with Gasteiger partial charge in [-0.1, -0.05) is 34.8 Å². The Morgan fingerprint density at radius 1 is 1.07 bits per heavy atom. The molecule has 0 radical (unpaired) electrons. The van der Waals surface area contributed by atoms with Crippen LogP contribution in [0.5, 0.6) is 0 Å². The molecule has 0 aliphatic heterocycles.